The molecule has 8 nitrogen and oxygen atoms in total. The Labute approximate surface area is 143 Å². The Bertz CT molecular complexity index is 1020. The van der Waals surface area contributed by atoms with Crippen molar-refractivity contribution < 1.29 is 26.7 Å². The molecule has 0 atom stereocenters. The van der Waals surface area contributed by atoms with E-state index in [1.54, 1.807) is 0 Å². The molecule has 24 heavy (non-hydrogen) atoms. The van der Waals surface area contributed by atoms with Gasteiger partial charge in [0.25, 0.3) is 10.0 Å². The maximum absolute atomic E-state index is 12.4. The lowest BCUT2D eigenvalue weighted by Crippen LogP contribution is -2.16. The van der Waals surface area contributed by atoms with E-state index in [2.05, 4.69) is 4.72 Å². The van der Waals surface area contributed by atoms with Crippen molar-refractivity contribution in [3.63, 3.8) is 0 Å². The van der Waals surface area contributed by atoms with Crippen LogP contribution in [0, 0.1) is 0 Å². The summed E-state index contributed by atoms with van der Waals surface area (Å²) < 4.78 is 49.5. The van der Waals surface area contributed by atoms with E-state index in [-0.39, 0.29) is 21.2 Å². The SMILES string of the molecule is NS(=O)(=O)c1cccc(NS(=O)(=O)c2cc(C(=O)O)ccc2Cl)c1. The highest BCUT2D eigenvalue weighted by Crippen LogP contribution is 2.25. The van der Waals surface area contributed by atoms with Crippen LogP contribution >= 0.6 is 11.6 Å². The largest absolute Gasteiger partial charge is 0.478 e. The summed E-state index contributed by atoms with van der Waals surface area (Å²) in [6.45, 7) is 0. The number of aromatic carboxylic acids is 1. The molecule has 0 aliphatic heterocycles. The van der Waals surface area contributed by atoms with E-state index in [0.29, 0.717) is 0 Å². The van der Waals surface area contributed by atoms with Gasteiger partial charge in [0.15, 0.2) is 0 Å². The molecule has 0 aliphatic carbocycles. The van der Waals surface area contributed by atoms with Gasteiger partial charge in [-0.3, -0.25) is 4.72 Å². The maximum atomic E-state index is 12.4. The van der Waals surface area contributed by atoms with Crippen molar-refractivity contribution in [3.05, 3.63) is 53.1 Å². The molecule has 0 fully saturated rings. The second-order valence-corrected chi connectivity index (χ2v) is 8.25. The molecular weight excluding hydrogens is 380 g/mol. The number of nitrogens with two attached hydrogens (primary N) is 1. The molecule has 0 saturated heterocycles. The van der Waals surface area contributed by atoms with E-state index in [4.69, 9.17) is 21.8 Å². The zero-order valence-corrected chi connectivity index (χ0v) is 14.2. The molecule has 0 saturated carbocycles. The lowest BCUT2D eigenvalue weighted by Gasteiger charge is -2.11. The first-order chi connectivity index (χ1) is 11.0. The van der Waals surface area contributed by atoms with Crippen LogP contribution in [0.3, 0.4) is 0 Å². The van der Waals surface area contributed by atoms with Crippen molar-refractivity contribution in [2.24, 2.45) is 5.14 Å². The third kappa shape index (κ3) is 4.03. The van der Waals surface area contributed by atoms with Crippen molar-refractivity contribution in [1.29, 1.82) is 0 Å². The normalized spacial score (nSPS) is 11.9. The highest BCUT2D eigenvalue weighted by Gasteiger charge is 2.21. The van der Waals surface area contributed by atoms with Crippen LogP contribution in [0.2, 0.25) is 5.02 Å². The molecule has 0 unspecified atom stereocenters. The second-order valence-electron chi connectivity index (χ2n) is 4.63. The van der Waals surface area contributed by atoms with Gasteiger partial charge < -0.3 is 5.11 Å². The average molecular weight is 391 g/mol. The van der Waals surface area contributed by atoms with Crippen LogP contribution in [0.15, 0.2) is 52.3 Å². The first-order valence-electron chi connectivity index (χ1n) is 6.19. The smallest absolute Gasteiger partial charge is 0.335 e. The molecule has 2 rings (SSSR count). The van der Waals surface area contributed by atoms with Crippen LogP contribution in [0.25, 0.3) is 0 Å². The van der Waals surface area contributed by atoms with Gasteiger partial charge in [-0.2, -0.15) is 0 Å². The van der Waals surface area contributed by atoms with E-state index >= 15 is 0 Å². The Morgan fingerprint density at radius 1 is 1.08 bits per heavy atom. The number of halogens is 1. The number of anilines is 1. The topological polar surface area (TPSA) is 144 Å². The Hall–Kier alpha value is -2.14. The second kappa shape index (κ2) is 6.40. The van der Waals surface area contributed by atoms with Crippen LogP contribution in [-0.4, -0.2) is 27.9 Å². The lowest BCUT2D eigenvalue weighted by molar-refractivity contribution is 0.0696. The number of carboxylic acid groups (broad SMARTS) is 1. The minimum Gasteiger partial charge on any atom is -0.478 e. The van der Waals surface area contributed by atoms with Crippen molar-refractivity contribution in [1.82, 2.24) is 0 Å². The fraction of sp³-hybridized carbons (Fsp3) is 0. The van der Waals surface area contributed by atoms with E-state index in [1.165, 1.54) is 18.2 Å². The minimum absolute atomic E-state index is 0.0710. The van der Waals surface area contributed by atoms with Gasteiger partial charge in [0.2, 0.25) is 10.0 Å². The molecular formula is C13H11ClN2O6S2. The van der Waals surface area contributed by atoms with Gasteiger partial charge in [-0.15, -0.1) is 0 Å². The van der Waals surface area contributed by atoms with Crippen LogP contribution < -0.4 is 9.86 Å². The summed E-state index contributed by atoms with van der Waals surface area (Å²) in [7, 11) is -8.25. The number of carbonyl (C=O) groups is 1. The van der Waals surface area contributed by atoms with Crippen molar-refractivity contribution >= 4 is 43.3 Å². The summed E-state index contributed by atoms with van der Waals surface area (Å²) in [6.07, 6.45) is 0. The molecule has 0 radical (unpaired) electrons. The van der Waals surface area contributed by atoms with Crippen LogP contribution in [0.4, 0.5) is 5.69 Å². The number of hydrogen-bond acceptors (Lipinski definition) is 5. The summed E-state index contributed by atoms with van der Waals surface area (Å²) in [5, 5.41) is 13.7. The molecule has 11 heteroatoms. The zero-order valence-electron chi connectivity index (χ0n) is 11.8. The maximum Gasteiger partial charge on any atom is 0.335 e. The minimum atomic E-state index is -4.24. The summed E-state index contributed by atoms with van der Waals surface area (Å²) >= 11 is 5.83. The molecule has 2 aromatic carbocycles. The number of hydrogen-bond donors (Lipinski definition) is 3. The van der Waals surface area contributed by atoms with Crippen LogP contribution in [-0.2, 0) is 20.0 Å². The summed E-state index contributed by atoms with van der Waals surface area (Å²) in [6, 6.07) is 8.03. The fourth-order valence-electron chi connectivity index (χ4n) is 1.79. The van der Waals surface area contributed by atoms with E-state index in [1.807, 2.05) is 0 Å². The molecule has 0 aliphatic rings. The number of benzene rings is 2. The number of nitrogens with one attached hydrogen (secondary N) is 1. The summed E-state index contributed by atoms with van der Waals surface area (Å²) in [5.74, 6) is -1.32. The van der Waals surface area contributed by atoms with Crippen molar-refractivity contribution in [3.8, 4) is 0 Å². The Kier molecular flexibility index (Phi) is 4.85. The standard InChI is InChI=1S/C13H11ClN2O6S2/c14-11-5-4-8(13(17)18)6-12(11)24(21,22)16-9-2-1-3-10(7-9)23(15,19)20/h1-7,16H,(H,17,18)(H2,15,19,20). The van der Waals surface area contributed by atoms with Gasteiger partial charge >= 0.3 is 5.97 Å². The van der Waals surface area contributed by atoms with Gasteiger partial charge in [-0.05, 0) is 36.4 Å². The Morgan fingerprint density at radius 3 is 2.33 bits per heavy atom. The molecule has 4 N–H and O–H groups in total. The van der Waals surface area contributed by atoms with Gasteiger partial charge in [0.05, 0.1) is 21.2 Å². The number of sulfonamides is 2. The quantitative estimate of drug-likeness (QED) is 0.705. The molecule has 0 heterocycles. The summed E-state index contributed by atoms with van der Waals surface area (Å²) in [5.41, 5.74) is -0.337. The Morgan fingerprint density at radius 2 is 1.75 bits per heavy atom. The predicted molar refractivity (Wildman–Crippen MR) is 87.0 cm³/mol. The Balaban J connectivity index is 2.46. The predicted octanol–water partition coefficient (Wildman–Crippen LogP) is 1.49. The fourth-order valence-corrected chi connectivity index (χ4v) is 3.92. The van der Waals surface area contributed by atoms with Gasteiger partial charge in [-0.1, -0.05) is 17.7 Å². The van der Waals surface area contributed by atoms with Gasteiger partial charge in [0, 0.05) is 0 Å². The third-order valence-corrected chi connectivity index (χ3v) is 5.66. The van der Waals surface area contributed by atoms with Crippen LogP contribution in [0.1, 0.15) is 10.4 Å². The van der Waals surface area contributed by atoms with Gasteiger partial charge in [-0.25, -0.2) is 26.8 Å². The monoisotopic (exact) mass is 390 g/mol. The van der Waals surface area contributed by atoms with Gasteiger partial charge in [0.1, 0.15) is 4.90 Å². The van der Waals surface area contributed by atoms with Crippen molar-refractivity contribution in [2.45, 2.75) is 9.79 Å². The first kappa shape index (κ1) is 18.2. The number of rotatable bonds is 5. The lowest BCUT2D eigenvalue weighted by atomic mass is 10.2. The third-order valence-electron chi connectivity index (χ3n) is 2.88. The summed E-state index contributed by atoms with van der Waals surface area (Å²) in [4.78, 5) is 10.2. The zero-order chi connectivity index (χ0) is 18.1. The highest BCUT2D eigenvalue weighted by atomic mass is 35.5. The molecule has 128 valence electrons. The van der Waals surface area contributed by atoms with Crippen molar-refractivity contribution in [2.75, 3.05) is 4.72 Å². The molecule has 0 spiro atoms. The van der Waals surface area contributed by atoms with E-state index in [0.717, 1.165) is 24.3 Å². The average Bonchev–Trinajstić information content (AvgIpc) is 2.46. The van der Waals surface area contributed by atoms with E-state index < -0.39 is 30.9 Å². The number of primary sulfonamides is 1. The molecule has 2 aromatic rings. The molecule has 0 aromatic heterocycles. The molecule has 0 amide bonds. The highest BCUT2D eigenvalue weighted by molar-refractivity contribution is 7.92. The first-order valence-corrected chi connectivity index (χ1v) is 9.60. The van der Waals surface area contributed by atoms with Crippen LogP contribution in [0.5, 0.6) is 0 Å². The molecule has 0 bridgehead atoms. The van der Waals surface area contributed by atoms with E-state index in [9.17, 15) is 21.6 Å². The number of carboxylic acids is 1.